The Morgan fingerprint density at radius 2 is 2.33 bits per heavy atom. The van der Waals surface area contributed by atoms with E-state index < -0.39 is 0 Å². The van der Waals surface area contributed by atoms with Crippen molar-refractivity contribution in [2.45, 2.75) is 25.8 Å². The second-order valence-corrected chi connectivity index (χ2v) is 5.30. The molecule has 0 aromatic heterocycles. The van der Waals surface area contributed by atoms with Gasteiger partial charge in [0.2, 0.25) is 5.91 Å². The van der Waals surface area contributed by atoms with Gasteiger partial charge in [-0.1, -0.05) is 23.7 Å². The van der Waals surface area contributed by atoms with Crippen molar-refractivity contribution in [2.24, 2.45) is 0 Å². The monoisotopic (exact) mass is 266 g/mol. The van der Waals surface area contributed by atoms with E-state index in [4.69, 9.17) is 11.6 Å². The molecule has 1 N–H and O–H groups in total. The van der Waals surface area contributed by atoms with Crippen LogP contribution in [0.4, 0.5) is 0 Å². The molecule has 98 valence electrons. The second kappa shape index (κ2) is 5.72. The number of nitrogens with zero attached hydrogens (tertiary/aromatic N) is 1. The fourth-order valence-corrected chi connectivity index (χ4v) is 2.53. The highest BCUT2D eigenvalue weighted by molar-refractivity contribution is 6.30. The molecule has 1 amide bonds. The van der Waals surface area contributed by atoms with E-state index in [0.29, 0.717) is 5.02 Å². The molecule has 2 rings (SSSR count). The molecule has 0 aliphatic carbocycles. The average molecular weight is 267 g/mol. The Morgan fingerprint density at radius 3 is 3.00 bits per heavy atom. The van der Waals surface area contributed by atoms with Crippen molar-refractivity contribution in [1.29, 1.82) is 0 Å². The van der Waals surface area contributed by atoms with Gasteiger partial charge in [0.05, 0.1) is 5.92 Å². The smallest absolute Gasteiger partial charge is 0.230 e. The zero-order valence-corrected chi connectivity index (χ0v) is 11.6. The molecular formula is C14H19ClN2O. The van der Waals surface area contributed by atoms with Gasteiger partial charge in [0, 0.05) is 30.7 Å². The van der Waals surface area contributed by atoms with E-state index >= 15 is 0 Å². The van der Waals surface area contributed by atoms with Crippen molar-refractivity contribution in [3.63, 3.8) is 0 Å². The molecule has 1 heterocycles. The van der Waals surface area contributed by atoms with Crippen LogP contribution in [0.2, 0.25) is 5.02 Å². The van der Waals surface area contributed by atoms with Gasteiger partial charge in [-0.25, -0.2) is 0 Å². The predicted octanol–water partition coefficient (Wildman–Crippen LogP) is 2.26. The Bertz CT molecular complexity index is 436. The summed E-state index contributed by atoms with van der Waals surface area (Å²) in [5.41, 5.74) is 0.984. The van der Waals surface area contributed by atoms with E-state index in [0.717, 1.165) is 25.2 Å². The number of nitrogens with one attached hydrogen (secondary N) is 1. The molecule has 0 radical (unpaired) electrons. The van der Waals surface area contributed by atoms with Crippen LogP contribution in [0.25, 0.3) is 0 Å². The largest absolute Gasteiger partial charge is 0.337 e. The highest BCUT2D eigenvalue weighted by Crippen LogP contribution is 2.22. The summed E-state index contributed by atoms with van der Waals surface area (Å²) in [6.45, 7) is 6.55. The SMILES string of the molecule is CC(C(=O)N1CCNC[C@H]1C)c1cccc(Cl)c1. The summed E-state index contributed by atoms with van der Waals surface area (Å²) in [5.74, 6) is 0.0514. The highest BCUT2D eigenvalue weighted by Gasteiger charge is 2.27. The fourth-order valence-electron chi connectivity index (χ4n) is 2.34. The summed E-state index contributed by atoms with van der Waals surface area (Å²) < 4.78 is 0. The third kappa shape index (κ3) is 2.85. The summed E-state index contributed by atoms with van der Waals surface area (Å²) >= 11 is 5.97. The summed E-state index contributed by atoms with van der Waals surface area (Å²) in [4.78, 5) is 14.4. The Balaban J connectivity index is 2.13. The van der Waals surface area contributed by atoms with Crippen LogP contribution in [0.1, 0.15) is 25.3 Å². The second-order valence-electron chi connectivity index (χ2n) is 4.86. The Kier molecular flexibility index (Phi) is 4.25. The molecule has 0 saturated carbocycles. The maximum Gasteiger partial charge on any atom is 0.230 e. The Morgan fingerprint density at radius 1 is 1.56 bits per heavy atom. The fraction of sp³-hybridized carbons (Fsp3) is 0.500. The molecule has 3 nitrogen and oxygen atoms in total. The quantitative estimate of drug-likeness (QED) is 0.891. The van der Waals surface area contributed by atoms with E-state index in [1.807, 2.05) is 36.1 Å². The maximum absolute atomic E-state index is 12.5. The number of halogens is 1. The number of amides is 1. The lowest BCUT2D eigenvalue weighted by molar-refractivity contribution is -0.135. The Labute approximate surface area is 113 Å². The lowest BCUT2D eigenvalue weighted by Gasteiger charge is -2.35. The van der Waals surface area contributed by atoms with Crippen LogP contribution >= 0.6 is 11.6 Å². The maximum atomic E-state index is 12.5. The molecule has 2 atom stereocenters. The first-order valence-corrected chi connectivity index (χ1v) is 6.74. The molecule has 0 spiro atoms. The van der Waals surface area contributed by atoms with Gasteiger partial charge >= 0.3 is 0 Å². The van der Waals surface area contributed by atoms with Gasteiger partial charge in [0.25, 0.3) is 0 Å². The lowest BCUT2D eigenvalue weighted by atomic mass is 9.98. The van der Waals surface area contributed by atoms with Gasteiger partial charge in [-0.3, -0.25) is 4.79 Å². The molecule has 4 heteroatoms. The van der Waals surface area contributed by atoms with Crippen molar-refractivity contribution in [1.82, 2.24) is 10.2 Å². The van der Waals surface area contributed by atoms with Gasteiger partial charge in [0.1, 0.15) is 0 Å². The molecule has 18 heavy (non-hydrogen) atoms. The minimum absolute atomic E-state index is 0.135. The van der Waals surface area contributed by atoms with E-state index in [-0.39, 0.29) is 17.9 Å². The van der Waals surface area contributed by atoms with Crippen molar-refractivity contribution >= 4 is 17.5 Å². The molecule has 1 aliphatic rings. The van der Waals surface area contributed by atoms with Gasteiger partial charge < -0.3 is 10.2 Å². The number of benzene rings is 1. The number of hydrogen-bond acceptors (Lipinski definition) is 2. The highest BCUT2D eigenvalue weighted by atomic mass is 35.5. The van der Waals surface area contributed by atoms with Crippen molar-refractivity contribution < 1.29 is 4.79 Å². The van der Waals surface area contributed by atoms with E-state index in [2.05, 4.69) is 12.2 Å². The number of carbonyl (C=O) groups excluding carboxylic acids is 1. The predicted molar refractivity (Wildman–Crippen MR) is 73.9 cm³/mol. The standard InChI is InChI=1S/C14H19ClN2O/c1-10-9-16-6-7-17(10)14(18)11(2)12-4-3-5-13(15)8-12/h3-5,8,10-11,16H,6-7,9H2,1-2H3/t10-,11?/m1/s1. The van der Waals surface area contributed by atoms with Gasteiger partial charge in [-0.15, -0.1) is 0 Å². The van der Waals surface area contributed by atoms with Gasteiger partial charge in [-0.2, -0.15) is 0 Å². The minimum Gasteiger partial charge on any atom is -0.337 e. The van der Waals surface area contributed by atoms with Crippen LogP contribution in [-0.2, 0) is 4.79 Å². The zero-order chi connectivity index (χ0) is 13.1. The van der Waals surface area contributed by atoms with Gasteiger partial charge in [0.15, 0.2) is 0 Å². The molecule has 1 saturated heterocycles. The van der Waals surface area contributed by atoms with Crippen molar-refractivity contribution in [3.8, 4) is 0 Å². The number of rotatable bonds is 2. The van der Waals surface area contributed by atoms with Crippen LogP contribution in [0.5, 0.6) is 0 Å². The van der Waals surface area contributed by atoms with E-state index in [9.17, 15) is 4.79 Å². The minimum atomic E-state index is -0.135. The summed E-state index contributed by atoms with van der Waals surface area (Å²) in [5, 5.41) is 3.97. The third-order valence-electron chi connectivity index (χ3n) is 3.50. The van der Waals surface area contributed by atoms with E-state index in [1.165, 1.54) is 0 Å². The van der Waals surface area contributed by atoms with Crippen LogP contribution in [0.3, 0.4) is 0 Å². The van der Waals surface area contributed by atoms with E-state index in [1.54, 1.807) is 0 Å². The summed E-state index contributed by atoms with van der Waals surface area (Å²) in [6, 6.07) is 7.81. The van der Waals surface area contributed by atoms with Crippen molar-refractivity contribution in [2.75, 3.05) is 19.6 Å². The molecule has 1 fully saturated rings. The molecule has 1 aromatic rings. The molecule has 1 aliphatic heterocycles. The number of piperazine rings is 1. The van der Waals surface area contributed by atoms with Crippen LogP contribution < -0.4 is 5.32 Å². The first-order chi connectivity index (χ1) is 8.59. The van der Waals surface area contributed by atoms with Gasteiger partial charge in [-0.05, 0) is 31.5 Å². The van der Waals surface area contributed by atoms with Crippen LogP contribution in [-0.4, -0.2) is 36.5 Å². The summed E-state index contributed by atoms with van der Waals surface area (Å²) in [7, 11) is 0. The topological polar surface area (TPSA) is 32.3 Å². The average Bonchev–Trinajstić information content (AvgIpc) is 2.37. The molecule has 1 unspecified atom stereocenters. The van der Waals surface area contributed by atoms with Crippen LogP contribution in [0, 0.1) is 0 Å². The zero-order valence-electron chi connectivity index (χ0n) is 10.8. The van der Waals surface area contributed by atoms with Crippen molar-refractivity contribution in [3.05, 3.63) is 34.9 Å². The van der Waals surface area contributed by atoms with Crippen LogP contribution in [0.15, 0.2) is 24.3 Å². The normalized spacial score (nSPS) is 21.7. The Hall–Kier alpha value is -1.06. The number of hydrogen-bond donors (Lipinski definition) is 1. The first-order valence-electron chi connectivity index (χ1n) is 6.36. The summed E-state index contributed by atoms with van der Waals surface area (Å²) in [6.07, 6.45) is 0. The molecular weight excluding hydrogens is 248 g/mol. The first kappa shape index (κ1) is 13.4. The number of carbonyl (C=O) groups is 1. The third-order valence-corrected chi connectivity index (χ3v) is 3.74. The molecule has 1 aromatic carbocycles. The lowest BCUT2D eigenvalue weighted by Crippen LogP contribution is -2.53. The molecule has 0 bridgehead atoms.